The molecule has 2 saturated heterocycles. The van der Waals surface area contributed by atoms with Crippen molar-refractivity contribution in [3.8, 4) is 5.75 Å². The van der Waals surface area contributed by atoms with Crippen LogP contribution < -0.4 is 15.0 Å². The predicted molar refractivity (Wildman–Crippen MR) is 121 cm³/mol. The number of sulfonamides is 1. The summed E-state index contributed by atoms with van der Waals surface area (Å²) in [6, 6.07) is 8.09. The number of benzene rings is 1. The largest absolute Gasteiger partial charge is 0.497 e. The first-order valence-corrected chi connectivity index (χ1v) is 12.7. The van der Waals surface area contributed by atoms with Crippen LogP contribution in [0.2, 0.25) is 0 Å². The first-order chi connectivity index (χ1) is 14.0. The molecule has 10 heteroatoms. The minimum absolute atomic E-state index is 0.0977. The molecule has 0 amide bonds. The number of nitrogens with zero attached hydrogens (tertiary/aromatic N) is 4. The lowest BCUT2D eigenvalue weighted by Crippen LogP contribution is -2.53. The summed E-state index contributed by atoms with van der Waals surface area (Å²) in [6.45, 7) is 5.01. The number of anilines is 1. The zero-order valence-corrected chi connectivity index (χ0v) is 18.8. The van der Waals surface area contributed by atoms with Crippen LogP contribution in [-0.2, 0) is 10.0 Å². The van der Waals surface area contributed by atoms with E-state index in [-0.39, 0.29) is 5.75 Å². The highest BCUT2D eigenvalue weighted by atomic mass is 32.2. The van der Waals surface area contributed by atoms with Crippen LogP contribution in [0.3, 0.4) is 0 Å². The van der Waals surface area contributed by atoms with Gasteiger partial charge in [0.05, 0.1) is 12.9 Å². The van der Waals surface area contributed by atoms with Crippen LogP contribution in [0.1, 0.15) is 0 Å². The van der Waals surface area contributed by atoms with Gasteiger partial charge < -0.3 is 19.9 Å². The Kier molecular flexibility index (Phi) is 7.91. The second-order valence-corrected chi connectivity index (χ2v) is 10.3. The number of hydrogen-bond acceptors (Lipinski definition) is 6. The average Bonchev–Trinajstić information content (AvgIpc) is 2.77. The second kappa shape index (κ2) is 10.4. The molecule has 2 aliphatic rings. The molecule has 2 aliphatic heterocycles. The first-order valence-electron chi connectivity index (χ1n) is 9.93. The van der Waals surface area contributed by atoms with E-state index in [1.165, 1.54) is 0 Å². The van der Waals surface area contributed by atoms with Gasteiger partial charge in [-0.3, -0.25) is 4.99 Å². The quantitative estimate of drug-likeness (QED) is 0.516. The van der Waals surface area contributed by atoms with Crippen molar-refractivity contribution in [3.63, 3.8) is 0 Å². The summed E-state index contributed by atoms with van der Waals surface area (Å²) >= 11 is 1.81. The smallest absolute Gasteiger partial charge is 0.215 e. The van der Waals surface area contributed by atoms with E-state index < -0.39 is 10.0 Å². The summed E-state index contributed by atoms with van der Waals surface area (Å²) in [7, 11) is 0.215. The average molecular weight is 442 g/mol. The van der Waals surface area contributed by atoms with Crippen molar-refractivity contribution in [2.24, 2.45) is 4.99 Å². The maximum absolute atomic E-state index is 12.5. The van der Waals surface area contributed by atoms with Gasteiger partial charge in [0.2, 0.25) is 10.0 Å². The van der Waals surface area contributed by atoms with Crippen LogP contribution in [0, 0.1) is 0 Å². The summed E-state index contributed by atoms with van der Waals surface area (Å²) < 4.78 is 31.9. The van der Waals surface area contributed by atoms with Crippen molar-refractivity contribution in [2.45, 2.75) is 0 Å². The van der Waals surface area contributed by atoms with Gasteiger partial charge in [0.15, 0.2) is 5.96 Å². The molecule has 162 valence electrons. The fraction of sp³-hybridized carbons (Fsp3) is 0.632. The Bertz CT molecular complexity index is 789. The minimum atomic E-state index is -3.21. The Hall–Kier alpha value is -1.65. The molecule has 8 nitrogen and oxygen atoms in total. The third-order valence-electron chi connectivity index (χ3n) is 5.22. The molecular formula is C19H31N5O3S2. The maximum Gasteiger partial charge on any atom is 0.215 e. The molecule has 0 spiro atoms. The van der Waals surface area contributed by atoms with Crippen molar-refractivity contribution >= 4 is 33.4 Å². The van der Waals surface area contributed by atoms with Crippen LogP contribution >= 0.6 is 11.8 Å². The van der Waals surface area contributed by atoms with E-state index in [1.807, 2.05) is 30.0 Å². The van der Waals surface area contributed by atoms with Crippen LogP contribution in [0.4, 0.5) is 5.69 Å². The highest BCUT2D eigenvalue weighted by Gasteiger charge is 2.25. The van der Waals surface area contributed by atoms with E-state index in [0.29, 0.717) is 19.6 Å². The van der Waals surface area contributed by atoms with E-state index in [4.69, 9.17) is 4.74 Å². The summed E-state index contributed by atoms with van der Waals surface area (Å²) in [4.78, 5) is 8.86. The van der Waals surface area contributed by atoms with Crippen molar-refractivity contribution < 1.29 is 13.2 Å². The van der Waals surface area contributed by atoms with Crippen molar-refractivity contribution in [3.05, 3.63) is 24.3 Å². The fourth-order valence-corrected chi connectivity index (χ4v) is 6.05. The van der Waals surface area contributed by atoms with Crippen LogP contribution in [0.5, 0.6) is 5.75 Å². The Morgan fingerprint density at radius 1 is 1.17 bits per heavy atom. The highest BCUT2D eigenvalue weighted by molar-refractivity contribution is 7.99. The second-order valence-electron chi connectivity index (χ2n) is 6.98. The lowest BCUT2D eigenvalue weighted by atomic mass is 10.2. The van der Waals surface area contributed by atoms with Gasteiger partial charge in [-0.1, -0.05) is 6.07 Å². The third kappa shape index (κ3) is 5.93. The van der Waals surface area contributed by atoms with Crippen LogP contribution in [0.25, 0.3) is 0 Å². The molecule has 1 aromatic carbocycles. The zero-order valence-electron chi connectivity index (χ0n) is 17.2. The number of ether oxygens (including phenoxy) is 1. The molecule has 2 heterocycles. The van der Waals surface area contributed by atoms with E-state index in [2.05, 4.69) is 26.2 Å². The topological polar surface area (TPSA) is 77.5 Å². The SMILES string of the molecule is CN=C(NCCS(=O)(=O)N1CCSCC1)N1CCN(c2cccc(OC)c2)CC1. The van der Waals surface area contributed by atoms with Gasteiger partial charge in [0.25, 0.3) is 0 Å². The van der Waals surface area contributed by atoms with Gasteiger partial charge in [-0.2, -0.15) is 11.8 Å². The molecule has 1 N–H and O–H groups in total. The van der Waals surface area contributed by atoms with Crippen LogP contribution in [-0.4, -0.2) is 101 Å². The number of thioether (sulfide) groups is 1. The number of aliphatic imine (C=N–C) groups is 1. The Balaban J connectivity index is 1.47. The van der Waals surface area contributed by atoms with E-state index in [9.17, 15) is 8.42 Å². The standard InChI is InChI=1S/C19H31N5O3S2/c1-20-19(21-6-15-29(25,26)24-11-13-28-14-12-24)23-9-7-22(8-10-23)17-4-3-5-18(16-17)27-2/h3-5,16H,6-15H2,1-2H3,(H,20,21). The minimum Gasteiger partial charge on any atom is -0.497 e. The summed E-state index contributed by atoms with van der Waals surface area (Å²) in [5, 5.41) is 3.23. The number of rotatable bonds is 6. The monoisotopic (exact) mass is 441 g/mol. The lowest BCUT2D eigenvalue weighted by molar-refractivity contribution is 0.372. The number of piperazine rings is 1. The lowest BCUT2D eigenvalue weighted by Gasteiger charge is -2.37. The van der Waals surface area contributed by atoms with E-state index in [0.717, 1.165) is 55.1 Å². The summed E-state index contributed by atoms with van der Waals surface area (Å²) in [5.41, 5.74) is 1.15. The van der Waals surface area contributed by atoms with E-state index >= 15 is 0 Å². The molecule has 0 aromatic heterocycles. The first kappa shape index (κ1) is 22.0. The molecule has 0 bridgehead atoms. The van der Waals surface area contributed by atoms with E-state index in [1.54, 1.807) is 18.5 Å². The molecule has 0 saturated carbocycles. The molecule has 0 aliphatic carbocycles. The Morgan fingerprint density at radius 3 is 2.55 bits per heavy atom. The van der Waals surface area contributed by atoms with Crippen molar-refractivity contribution in [1.82, 2.24) is 14.5 Å². The molecule has 3 rings (SSSR count). The number of nitrogens with one attached hydrogen (secondary N) is 1. The molecule has 1 aromatic rings. The molecule has 0 atom stereocenters. The molecule has 0 unspecified atom stereocenters. The van der Waals surface area contributed by atoms with Crippen molar-refractivity contribution in [1.29, 1.82) is 0 Å². The Morgan fingerprint density at radius 2 is 1.90 bits per heavy atom. The number of hydrogen-bond donors (Lipinski definition) is 1. The fourth-order valence-electron chi connectivity index (χ4n) is 3.56. The normalized spacial score (nSPS) is 19.3. The predicted octanol–water partition coefficient (Wildman–Crippen LogP) is 0.771. The van der Waals surface area contributed by atoms with Crippen LogP contribution in [0.15, 0.2) is 29.3 Å². The highest BCUT2D eigenvalue weighted by Crippen LogP contribution is 2.22. The number of guanidine groups is 1. The van der Waals surface area contributed by atoms with Gasteiger partial charge in [-0.05, 0) is 12.1 Å². The summed E-state index contributed by atoms with van der Waals surface area (Å²) in [5.74, 6) is 3.48. The molecule has 2 fully saturated rings. The maximum atomic E-state index is 12.5. The third-order valence-corrected chi connectivity index (χ3v) is 8.03. The molecule has 29 heavy (non-hydrogen) atoms. The van der Waals surface area contributed by atoms with Crippen molar-refractivity contribution in [2.75, 3.05) is 82.1 Å². The molecule has 0 radical (unpaired) electrons. The van der Waals surface area contributed by atoms with Gasteiger partial charge in [0, 0.05) is 76.1 Å². The van der Waals surface area contributed by atoms with Gasteiger partial charge >= 0.3 is 0 Å². The Labute approximate surface area is 178 Å². The van der Waals surface area contributed by atoms with Gasteiger partial charge in [-0.15, -0.1) is 0 Å². The van der Waals surface area contributed by atoms with Gasteiger partial charge in [-0.25, -0.2) is 12.7 Å². The zero-order chi connectivity index (χ0) is 20.7. The molecular weight excluding hydrogens is 410 g/mol. The number of methoxy groups -OCH3 is 1. The van der Waals surface area contributed by atoms with Gasteiger partial charge in [0.1, 0.15) is 5.75 Å². The summed E-state index contributed by atoms with van der Waals surface area (Å²) in [6.07, 6.45) is 0.